The molecule has 17 heavy (non-hydrogen) atoms. The summed E-state index contributed by atoms with van der Waals surface area (Å²) >= 11 is 5.40. The maximum absolute atomic E-state index is 11.4. The van der Waals surface area contributed by atoms with E-state index in [4.69, 9.17) is 11.6 Å². The van der Waals surface area contributed by atoms with E-state index in [9.17, 15) is 9.59 Å². The van der Waals surface area contributed by atoms with Gasteiger partial charge in [0.05, 0.1) is 0 Å². The summed E-state index contributed by atoms with van der Waals surface area (Å²) in [6.45, 7) is 9.09. The van der Waals surface area contributed by atoms with Gasteiger partial charge in [-0.3, -0.25) is 10.1 Å². The zero-order chi connectivity index (χ0) is 13.4. The van der Waals surface area contributed by atoms with E-state index in [0.29, 0.717) is 24.3 Å². The summed E-state index contributed by atoms with van der Waals surface area (Å²) in [5.74, 6) is 1.27. The van der Waals surface area contributed by atoms with E-state index in [0.717, 1.165) is 0 Å². The molecule has 0 spiro atoms. The molecule has 3 amide bonds. The average Bonchev–Trinajstić information content (AvgIpc) is 2.16. The van der Waals surface area contributed by atoms with Crippen molar-refractivity contribution in [3.05, 3.63) is 0 Å². The minimum atomic E-state index is -0.439. The van der Waals surface area contributed by atoms with Gasteiger partial charge in [0.15, 0.2) is 0 Å². The van der Waals surface area contributed by atoms with Crippen LogP contribution in [0.1, 0.15) is 34.1 Å². The van der Waals surface area contributed by atoms with Crippen molar-refractivity contribution in [3.8, 4) is 0 Å². The number of hydrogen-bond acceptors (Lipinski definition) is 2. The predicted octanol–water partition coefficient (Wildman–Crippen LogP) is 2.37. The number of imide groups is 1. The van der Waals surface area contributed by atoms with E-state index < -0.39 is 6.03 Å². The number of rotatable bonds is 6. The van der Waals surface area contributed by atoms with Crippen LogP contribution in [0.4, 0.5) is 4.79 Å². The van der Waals surface area contributed by atoms with Gasteiger partial charge in [0.1, 0.15) is 0 Å². The van der Waals surface area contributed by atoms with E-state index in [1.807, 2.05) is 0 Å². The van der Waals surface area contributed by atoms with Gasteiger partial charge in [-0.15, -0.1) is 11.6 Å². The Balaban J connectivity index is 4.01. The molecule has 0 unspecified atom stereocenters. The van der Waals surface area contributed by atoms with Crippen LogP contribution in [0, 0.1) is 17.8 Å². The molecule has 0 aliphatic rings. The molecule has 0 heterocycles. The molecule has 0 saturated carbocycles. The van der Waals surface area contributed by atoms with Crippen molar-refractivity contribution < 1.29 is 9.59 Å². The Hall–Kier alpha value is -0.770. The maximum Gasteiger partial charge on any atom is 0.321 e. The minimum Gasteiger partial charge on any atom is -0.338 e. The Morgan fingerprint density at radius 3 is 2.06 bits per heavy atom. The van der Waals surface area contributed by atoms with Crippen LogP contribution in [-0.2, 0) is 4.79 Å². The van der Waals surface area contributed by atoms with E-state index in [1.165, 1.54) is 0 Å². The highest BCUT2D eigenvalue weighted by atomic mass is 35.5. The third-order valence-electron chi connectivity index (χ3n) is 2.79. The fraction of sp³-hybridized carbons (Fsp3) is 0.833. The molecule has 0 fully saturated rings. The molecule has 0 saturated heterocycles. The number of nitrogens with one attached hydrogen (secondary N) is 2. The number of alkyl halides is 1. The van der Waals surface area contributed by atoms with Gasteiger partial charge >= 0.3 is 6.03 Å². The lowest BCUT2D eigenvalue weighted by Crippen LogP contribution is -2.43. The summed E-state index contributed by atoms with van der Waals surface area (Å²) in [4.78, 5) is 22.5. The molecule has 0 bridgehead atoms. The van der Waals surface area contributed by atoms with Gasteiger partial charge < -0.3 is 5.32 Å². The molecule has 0 aliphatic carbocycles. The highest BCUT2D eigenvalue weighted by molar-refractivity contribution is 6.19. The van der Waals surface area contributed by atoms with Gasteiger partial charge in [0.25, 0.3) is 0 Å². The van der Waals surface area contributed by atoms with Crippen molar-refractivity contribution in [1.82, 2.24) is 10.6 Å². The number of carbonyl (C=O) groups is 2. The third kappa shape index (κ3) is 7.21. The third-order valence-corrected chi connectivity index (χ3v) is 2.97. The standard InChI is InChI=1S/C12H23ClN2O2/c1-8(2)10(9(3)4)7-14-12(17)15-11(16)5-6-13/h8-10H,5-7H2,1-4H3,(H2,14,15,16,17). The van der Waals surface area contributed by atoms with Gasteiger partial charge in [0.2, 0.25) is 5.91 Å². The predicted molar refractivity (Wildman–Crippen MR) is 70.0 cm³/mol. The first-order chi connectivity index (χ1) is 7.88. The monoisotopic (exact) mass is 262 g/mol. The number of halogens is 1. The van der Waals surface area contributed by atoms with Crippen LogP contribution in [0.25, 0.3) is 0 Å². The van der Waals surface area contributed by atoms with Gasteiger partial charge in [0, 0.05) is 18.8 Å². The van der Waals surface area contributed by atoms with Gasteiger partial charge in [-0.1, -0.05) is 27.7 Å². The molecule has 0 rings (SSSR count). The summed E-state index contributed by atoms with van der Waals surface area (Å²) in [6, 6.07) is -0.439. The van der Waals surface area contributed by atoms with Crippen LogP contribution in [0.5, 0.6) is 0 Å². The molecule has 0 radical (unpaired) electrons. The number of hydrogen-bond donors (Lipinski definition) is 2. The molecule has 4 nitrogen and oxygen atoms in total. The molecule has 0 aromatic rings. The first kappa shape index (κ1) is 16.2. The van der Waals surface area contributed by atoms with Crippen LogP contribution in [0.3, 0.4) is 0 Å². The quantitative estimate of drug-likeness (QED) is 0.722. The topological polar surface area (TPSA) is 58.2 Å². The first-order valence-electron chi connectivity index (χ1n) is 6.02. The second-order valence-electron chi connectivity index (χ2n) is 4.85. The van der Waals surface area contributed by atoms with E-state index in [1.54, 1.807) is 0 Å². The first-order valence-corrected chi connectivity index (χ1v) is 6.55. The molecule has 0 aromatic carbocycles. The zero-order valence-electron chi connectivity index (χ0n) is 11.0. The van der Waals surface area contributed by atoms with Crippen LogP contribution in [0.15, 0.2) is 0 Å². The Kier molecular flexibility index (Phi) is 7.96. The second-order valence-corrected chi connectivity index (χ2v) is 5.23. The minimum absolute atomic E-state index is 0.159. The van der Waals surface area contributed by atoms with Crippen molar-refractivity contribution in [2.75, 3.05) is 12.4 Å². The zero-order valence-corrected chi connectivity index (χ0v) is 11.8. The SMILES string of the molecule is CC(C)C(CNC(=O)NC(=O)CCCl)C(C)C. The normalized spacial score (nSPS) is 11.1. The molecule has 0 aromatic heterocycles. The summed E-state index contributed by atoms with van der Waals surface area (Å²) in [7, 11) is 0. The molecular formula is C12H23ClN2O2. The van der Waals surface area contributed by atoms with Gasteiger partial charge in [-0.2, -0.15) is 0 Å². The van der Waals surface area contributed by atoms with Crippen LogP contribution < -0.4 is 10.6 Å². The lowest BCUT2D eigenvalue weighted by atomic mass is 9.85. The second kappa shape index (κ2) is 8.34. The Labute approximate surface area is 108 Å². The Morgan fingerprint density at radius 2 is 1.65 bits per heavy atom. The van der Waals surface area contributed by atoms with Crippen molar-refractivity contribution in [1.29, 1.82) is 0 Å². The Morgan fingerprint density at radius 1 is 1.12 bits per heavy atom. The molecular weight excluding hydrogens is 240 g/mol. The largest absolute Gasteiger partial charge is 0.338 e. The molecule has 5 heteroatoms. The van der Waals surface area contributed by atoms with E-state index in [2.05, 4.69) is 38.3 Å². The van der Waals surface area contributed by atoms with Crippen LogP contribution >= 0.6 is 11.6 Å². The highest BCUT2D eigenvalue weighted by Gasteiger charge is 2.18. The summed E-state index contributed by atoms with van der Waals surface area (Å²) in [6.07, 6.45) is 0.159. The summed E-state index contributed by atoms with van der Waals surface area (Å²) in [5.41, 5.74) is 0. The van der Waals surface area contributed by atoms with E-state index in [-0.39, 0.29) is 18.2 Å². The molecule has 0 aliphatic heterocycles. The van der Waals surface area contributed by atoms with Crippen LogP contribution in [-0.4, -0.2) is 24.4 Å². The van der Waals surface area contributed by atoms with E-state index >= 15 is 0 Å². The van der Waals surface area contributed by atoms with Crippen LogP contribution in [0.2, 0.25) is 0 Å². The molecule has 100 valence electrons. The lowest BCUT2D eigenvalue weighted by Gasteiger charge is -2.24. The fourth-order valence-electron chi connectivity index (χ4n) is 1.77. The van der Waals surface area contributed by atoms with Crippen molar-refractivity contribution in [3.63, 3.8) is 0 Å². The van der Waals surface area contributed by atoms with Gasteiger partial charge in [-0.05, 0) is 17.8 Å². The number of carbonyl (C=O) groups excluding carboxylic acids is 2. The number of amides is 3. The van der Waals surface area contributed by atoms with Gasteiger partial charge in [-0.25, -0.2) is 4.79 Å². The van der Waals surface area contributed by atoms with Crippen molar-refractivity contribution >= 4 is 23.5 Å². The Bertz CT molecular complexity index is 247. The maximum atomic E-state index is 11.4. The molecule has 2 N–H and O–H groups in total. The number of urea groups is 1. The highest BCUT2D eigenvalue weighted by Crippen LogP contribution is 2.19. The summed E-state index contributed by atoms with van der Waals surface area (Å²) in [5, 5.41) is 4.96. The molecule has 0 atom stereocenters. The van der Waals surface area contributed by atoms with Crippen molar-refractivity contribution in [2.24, 2.45) is 17.8 Å². The van der Waals surface area contributed by atoms with Crippen molar-refractivity contribution in [2.45, 2.75) is 34.1 Å². The fourth-order valence-corrected chi connectivity index (χ4v) is 1.94. The summed E-state index contributed by atoms with van der Waals surface area (Å²) < 4.78 is 0. The lowest BCUT2D eigenvalue weighted by molar-refractivity contribution is -0.119. The average molecular weight is 263 g/mol. The smallest absolute Gasteiger partial charge is 0.321 e.